The maximum atomic E-state index is 12.1. The molecule has 0 saturated carbocycles. The minimum absolute atomic E-state index is 0.0687. The van der Waals surface area contributed by atoms with Gasteiger partial charge in [0.05, 0.1) is 6.04 Å². The van der Waals surface area contributed by atoms with Crippen LogP contribution in [0.4, 0.5) is 0 Å². The van der Waals surface area contributed by atoms with Crippen LogP contribution in [0.2, 0.25) is 0 Å². The molecule has 21 heavy (non-hydrogen) atoms. The van der Waals surface area contributed by atoms with Crippen LogP contribution < -0.4 is 10.1 Å². The van der Waals surface area contributed by atoms with E-state index in [1.54, 1.807) is 12.1 Å². The first-order valence-corrected chi connectivity index (χ1v) is 7.60. The first-order valence-electron chi connectivity index (χ1n) is 6.81. The predicted octanol–water partition coefficient (Wildman–Crippen LogP) is 3.95. The van der Waals surface area contributed by atoms with Crippen molar-refractivity contribution in [2.24, 2.45) is 0 Å². The average molecular weight is 348 g/mol. The fourth-order valence-electron chi connectivity index (χ4n) is 1.88. The molecular formula is C17H18BrNO2. The van der Waals surface area contributed by atoms with Crippen molar-refractivity contribution in [3.63, 3.8) is 0 Å². The molecule has 0 radical (unpaired) electrons. The average Bonchev–Trinajstić information content (AvgIpc) is 2.47. The van der Waals surface area contributed by atoms with Crippen molar-refractivity contribution in [2.45, 2.75) is 19.9 Å². The number of aryl methyl sites for hydroxylation is 1. The molecule has 0 aliphatic carbocycles. The molecule has 1 amide bonds. The van der Waals surface area contributed by atoms with Gasteiger partial charge in [-0.05, 0) is 49.7 Å². The van der Waals surface area contributed by atoms with Crippen LogP contribution in [0.25, 0.3) is 0 Å². The van der Waals surface area contributed by atoms with E-state index in [-0.39, 0.29) is 11.9 Å². The third kappa shape index (κ3) is 4.60. The summed E-state index contributed by atoms with van der Waals surface area (Å²) in [6.45, 7) is 4.36. The van der Waals surface area contributed by atoms with Gasteiger partial charge in [0.1, 0.15) is 12.4 Å². The maximum Gasteiger partial charge on any atom is 0.251 e. The minimum atomic E-state index is -0.0941. The van der Waals surface area contributed by atoms with Gasteiger partial charge >= 0.3 is 0 Å². The molecule has 1 atom stereocenters. The van der Waals surface area contributed by atoms with Crippen LogP contribution in [0.15, 0.2) is 53.0 Å². The number of para-hydroxylation sites is 1. The van der Waals surface area contributed by atoms with E-state index in [4.69, 9.17) is 4.74 Å². The Balaban J connectivity index is 1.87. The molecule has 110 valence electrons. The number of carbonyl (C=O) groups excluding carboxylic acids is 1. The second kappa shape index (κ2) is 7.27. The Bertz CT molecular complexity index is 610. The summed E-state index contributed by atoms with van der Waals surface area (Å²) in [5.74, 6) is 0.755. The lowest BCUT2D eigenvalue weighted by atomic mass is 10.2. The van der Waals surface area contributed by atoms with Gasteiger partial charge in [-0.2, -0.15) is 0 Å². The zero-order valence-electron chi connectivity index (χ0n) is 12.1. The number of benzene rings is 2. The Morgan fingerprint density at radius 1 is 1.19 bits per heavy atom. The highest BCUT2D eigenvalue weighted by Gasteiger charge is 2.10. The van der Waals surface area contributed by atoms with Crippen molar-refractivity contribution < 1.29 is 9.53 Å². The highest BCUT2D eigenvalue weighted by Crippen LogP contribution is 2.16. The van der Waals surface area contributed by atoms with E-state index in [0.29, 0.717) is 12.2 Å². The molecule has 4 heteroatoms. The quantitative estimate of drug-likeness (QED) is 0.888. The molecule has 1 unspecified atom stereocenters. The van der Waals surface area contributed by atoms with Crippen LogP contribution in [-0.4, -0.2) is 18.6 Å². The lowest BCUT2D eigenvalue weighted by Gasteiger charge is -2.16. The molecule has 0 aliphatic heterocycles. The zero-order valence-corrected chi connectivity index (χ0v) is 13.7. The van der Waals surface area contributed by atoms with Crippen molar-refractivity contribution in [3.8, 4) is 5.75 Å². The molecule has 0 fully saturated rings. The fraction of sp³-hybridized carbons (Fsp3) is 0.235. The molecule has 0 aromatic heterocycles. The van der Waals surface area contributed by atoms with Crippen LogP contribution in [-0.2, 0) is 0 Å². The van der Waals surface area contributed by atoms with Crippen LogP contribution in [0, 0.1) is 6.92 Å². The van der Waals surface area contributed by atoms with Crippen molar-refractivity contribution in [1.29, 1.82) is 0 Å². The standard InChI is InChI=1S/C17H18BrNO2/c1-12-5-3-4-6-16(12)21-11-13(2)19-17(20)14-7-9-15(18)10-8-14/h3-10,13H,11H2,1-2H3,(H,19,20). The molecular weight excluding hydrogens is 330 g/mol. The topological polar surface area (TPSA) is 38.3 Å². The Hall–Kier alpha value is -1.81. The predicted molar refractivity (Wildman–Crippen MR) is 87.7 cm³/mol. The first-order chi connectivity index (χ1) is 10.1. The summed E-state index contributed by atoms with van der Waals surface area (Å²) >= 11 is 3.35. The summed E-state index contributed by atoms with van der Waals surface area (Å²) in [7, 11) is 0. The van der Waals surface area contributed by atoms with Crippen LogP contribution in [0.3, 0.4) is 0 Å². The van der Waals surface area contributed by atoms with Gasteiger partial charge < -0.3 is 10.1 Å². The Morgan fingerprint density at radius 2 is 1.86 bits per heavy atom. The molecule has 3 nitrogen and oxygen atoms in total. The highest BCUT2D eigenvalue weighted by molar-refractivity contribution is 9.10. The molecule has 0 heterocycles. The number of hydrogen-bond donors (Lipinski definition) is 1. The number of ether oxygens (including phenoxy) is 1. The summed E-state index contributed by atoms with van der Waals surface area (Å²) in [6, 6.07) is 15.0. The Morgan fingerprint density at radius 3 is 2.52 bits per heavy atom. The number of nitrogens with one attached hydrogen (secondary N) is 1. The molecule has 1 N–H and O–H groups in total. The van der Waals surface area contributed by atoms with E-state index >= 15 is 0 Å². The second-order valence-electron chi connectivity index (χ2n) is 4.96. The van der Waals surface area contributed by atoms with Crippen LogP contribution in [0.1, 0.15) is 22.8 Å². The summed E-state index contributed by atoms with van der Waals surface area (Å²) in [5, 5.41) is 2.93. The van der Waals surface area contributed by atoms with E-state index in [1.807, 2.05) is 50.2 Å². The molecule has 0 spiro atoms. The fourth-order valence-corrected chi connectivity index (χ4v) is 2.15. The number of halogens is 1. The molecule has 2 aromatic carbocycles. The highest BCUT2D eigenvalue weighted by atomic mass is 79.9. The van der Waals surface area contributed by atoms with Gasteiger partial charge in [-0.3, -0.25) is 4.79 Å². The van der Waals surface area contributed by atoms with Crippen LogP contribution >= 0.6 is 15.9 Å². The van der Waals surface area contributed by atoms with Gasteiger partial charge in [-0.15, -0.1) is 0 Å². The largest absolute Gasteiger partial charge is 0.491 e. The minimum Gasteiger partial charge on any atom is -0.491 e. The summed E-state index contributed by atoms with van der Waals surface area (Å²) < 4.78 is 6.69. The molecule has 2 aromatic rings. The summed E-state index contributed by atoms with van der Waals surface area (Å²) in [4.78, 5) is 12.1. The molecule has 0 saturated heterocycles. The van der Waals surface area contributed by atoms with E-state index in [9.17, 15) is 4.79 Å². The summed E-state index contributed by atoms with van der Waals surface area (Å²) in [6.07, 6.45) is 0. The van der Waals surface area contributed by atoms with Crippen molar-refractivity contribution in [1.82, 2.24) is 5.32 Å². The third-order valence-electron chi connectivity index (χ3n) is 3.07. The van der Waals surface area contributed by atoms with Gasteiger partial charge in [0.2, 0.25) is 0 Å². The number of carbonyl (C=O) groups is 1. The van der Waals surface area contributed by atoms with E-state index in [0.717, 1.165) is 15.8 Å². The number of rotatable bonds is 5. The van der Waals surface area contributed by atoms with Gasteiger partial charge in [-0.1, -0.05) is 34.1 Å². The van der Waals surface area contributed by atoms with Gasteiger partial charge in [0.25, 0.3) is 5.91 Å². The normalized spacial score (nSPS) is 11.8. The first kappa shape index (κ1) is 15.6. The van der Waals surface area contributed by atoms with E-state index in [2.05, 4.69) is 21.2 Å². The summed E-state index contributed by atoms with van der Waals surface area (Å²) in [5.41, 5.74) is 1.73. The van der Waals surface area contributed by atoms with Gasteiger partial charge in [-0.25, -0.2) is 0 Å². The number of hydrogen-bond acceptors (Lipinski definition) is 2. The van der Waals surface area contributed by atoms with E-state index < -0.39 is 0 Å². The van der Waals surface area contributed by atoms with Gasteiger partial charge in [0.15, 0.2) is 0 Å². The van der Waals surface area contributed by atoms with Crippen molar-refractivity contribution >= 4 is 21.8 Å². The second-order valence-corrected chi connectivity index (χ2v) is 5.87. The zero-order chi connectivity index (χ0) is 15.2. The maximum absolute atomic E-state index is 12.1. The monoisotopic (exact) mass is 347 g/mol. The lowest BCUT2D eigenvalue weighted by molar-refractivity contribution is 0.0926. The molecule has 0 aliphatic rings. The van der Waals surface area contributed by atoms with Crippen molar-refractivity contribution in [2.75, 3.05) is 6.61 Å². The lowest BCUT2D eigenvalue weighted by Crippen LogP contribution is -2.36. The Labute approximate surface area is 133 Å². The van der Waals surface area contributed by atoms with Crippen LogP contribution in [0.5, 0.6) is 5.75 Å². The van der Waals surface area contributed by atoms with Crippen molar-refractivity contribution in [3.05, 3.63) is 64.1 Å². The third-order valence-corrected chi connectivity index (χ3v) is 3.59. The van der Waals surface area contributed by atoms with Gasteiger partial charge in [0, 0.05) is 10.0 Å². The van der Waals surface area contributed by atoms with E-state index in [1.165, 1.54) is 0 Å². The smallest absolute Gasteiger partial charge is 0.251 e. The Kier molecular flexibility index (Phi) is 5.39. The number of amides is 1. The molecule has 2 rings (SSSR count). The SMILES string of the molecule is Cc1ccccc1OCC(C)NC(=O)c1ccc(Br)cc1. The molecule has 0 bridgehead atoms.